The van der Waals surface area contributed by atoms with E-state index >= 15 is 0 Å². The Morgan fingerprint density at radius 1 is 1.00 bits per heavy atom. The number of hydrogen-bond acceptors (Lipinski definition) is 1. The Labute approximate surface area is 109 Å². The molecule has 0 bridgehead atoms. The van der Waals surface area contributed by atoms with Crippen molar-refractivity contribution in [3.63, 3.8) is 0 Å². The second kappa shape index (κ2) is 4.40. The molecule has 0 atom stereocenters. The number of aromatic nitrogens is 2. The van der Waals surface area contributed by atoms with Gasteiger partial charge in [0.25, 0.3) is 0 Å². The zero-order valence-electron chi connectivity index (χ0n) is 11.0. The van der Waals surface area contributed by atoms with Crippen molar-refractivity contribution >= 4 is 0 Å². The van der Waals surface area contributed by atoms with Crippen LogP contribution in [-0.4, -0.2) is 10.2 Å². The van der Waals surface area contributed by atoms with E-state index in [0.717, 1.165) is 11.6 Å². The van der Waals surface area contributed by atoms with Crippen molar-refractivity contribution < 1.29 is 13.2 Å². The van der Waals surface area contributed by atoms with Crippen LogP contribution in [0.4, 0.5) is 13.2 Å². The molecular formula is C14H15F3N2. The molecule has 1 aromatic carbocycles. The van der Waals surface area contributed by atoms with Gasteiger partial charge in [0.2, 0.25) is 0 Å². The molecule has 2 nitrogen and oxygen atoms in total. The summed E-state index contributed by atoms with van der Waals surface area (Å²) in [5.41, 5.74) is 1.28. The second-order valence-electron chi connectivity index (χ2n) is 5.49. The molecule has 102 valence electrons. The maximum absolute atomic E-state index is 12.5. The molecule has 1 N–H and O–H groups in total. The molecule has 0 aliphatic heterocycles. The second-order valence-corrected chi connectivity index (χ2v) is 5.49. The highest BCUT2D eigenvalue weighted by atomic mass is 19.4. The van der Waals surface area contributed by atoms with Crippen LogP contribution in [-0.2, 0) is 11.6 Å². The first-order valence-electron chi connectivity index (χ1n) is 5.91. The molecule has 1 heterocycles. The molecule has 0 saturated carbocycles. The van der Waals surface area contributed by atoms with Crippen LogP contribution in [0.15, 0.2) is 30.3 Å². The van der Waals surface area contributed by atoms with Gasteiger partial charge in [-0.3, -0.25) is 5.10 Å². The Morgan fingerprint density at radius 2 is 1.58 bits per heavy atom. The van der Waals surface area contributed by atoms with Crippen LogP contribution in [0.3, 0.4) is 0 Å². The molecule has 2 aromatic rings. The number of nitrogens with zero attached hydrogens (tertiary/aromatic N) is 1. The van der Waals surface area contributed by atoms with E-state index < -0.39 is 11.9 Å². The van der Waals surface area contributed by atoms with Gasteiger partial charge in [0.05, 0.1) is 5.69 Å². The maximum Gasteiger partial charge on any atom is 0.432 e. The first-order chi connectivity index (χ1) is 8.68. The summed E-state index contributed by atoms with van der Waals surface area (Å²) >= 11 is 0. The summed E-state index contributed by atoms with van der Waals surface area (Å²) in [6.45, 7) is 6.24. The largest absolute Gasteiger partial charge is 0.432 e. The molecule has 0 spiro atoms. The van der Waals surface area contributed by atoms with Crippen molar-refractivity contribution in [1.82, 2.24) is 10.2 Å². The molecule has 0 amide bonds. The number of rotatable bonds is 1. The van der Waals surface area contributed by atoms with Crippen molar-refractivity contribution in [3.05, 3.63) is 41.6 Å². The smallest absolute Gasteiger partial charge is 0.273 e. The fraction of sp³-hybridized carbons (Fsp3) is 0.357. The van der Waals surface area contributed by atoms with Crippen LogP contribution in [0.1, 0.15) is 32.0 Å². The van der Waals surface area contributed by atoms with E-state index in [1.807, 2.05) is 17.2 Å². The molecule has 0 radical (unpaired) electrons. The van der Waals surface area contributed by atoms with E-state index in [2.05, 4.69) is 25.9 Å². The van der Waals surface area contributed by atoms with Crippen molar-refractivity contribution in [1.29, 1.82) is 0 Å². The van der Waals surface area contributed by atoms with Gasteiger partial charge in [-0.1, -0.05) is 45.0 Å². The standard InChI is InChI=1S/C14H15F3N2/c1-13(2,3)10-6-4-9(5-7-10)11-8-12(19-18-11)14(15,16)17/h4-8H,1-3H3,(H,18,19). The Kier molecular flexibility index (Phi) is 3.16. The molecule has 1 aromatic heterocycles. The summed E-state index contributed by atoms with van der Waals surface area (Å²) in [5.74, 6) is 0. The van der Waals surface area contributed by atoms with Gasteiger partial charge in [-0.05, 0) is 17.0 Å². The number of nitrogens with one attached hydrogen (secondary N) is 1. The molecule has 0 aliphatic rings. The van der Waals surface area contributed by atoms with Crippen LogP contribution in [0.5, 0.6) is 0 Å². The third-order valence-corrected chi connectivity index (χ3v) is 2.93. The van der Waals surface area contributed by atoms with E-state index in [-0.39, 0.29) is 5.41 Å². The maximum atomic E-state index is 12.5. The molecule has 5 heteroatoms. The van der Waals surface area contributed by atoms with Gasteiger partial charge < -0.3 is 0 Å². The number of halogens is 3. The molecule has 0 saturated heterocycles. The number of hydrogen-bond donors (Lipinski definition) is 1. The topological polar surface area (TPSA) is 28.7 Å². The lowest BCUT2D eigenvalue weighted by Gasteiger charge is -2.18. The molecule has 19 heavy (non-hydrogen) atoms. The van der Waals surface area contributed by atoms with Crippen LogP contribution < -0.4 is 0 Å². The van der Waals surface area contributed by atoms with Gasteiger partial charge in [-0.25, -0.2) is 0 Å². The van der Waals surface area contributed by atoms with Crippen molar-refractivity contribution in [3.8, 4) is 11.3 Å². The average molecular weight is 268 g/mol. The molecule has 2 rings (SSSR count). The van der Waals surface area contributed by atoms with Crippen LogP contribution in [0, 0.1) is 0 Å². The minimum atomic E-state index is -4.39. The monoisotopic (exact) mass is 268 g/mol. The lowest BCUT2D eigenvalue weighted by atomic mass is 9.86. The highest BCUT2D eigenvalue weighted by Crippen LogP contribution is 2.31. The van der Waals surface area contributed by atoms with Crippen LogP contribution >= 0.6 is 0 Å². The van der Waals surface area contributed by atoms with Gasteiger partial charge in [0, 0.05) is 5.56 Å². The Morgan fingerprint density at radius 3 is 2.00 bits per heavy atom. The van der Waals surface area contributed by atoms with Crippen LogP contribution in [0.2, 0.25) is 0 Å². The third kappa shape index (κ3) is 2.97. The quantitative estimate of drug-likeness (QED) is 0.816. The highest BCUT2D eigenvalue weighted by Gasteiger charge is 2.33. The predicted molar refractivity (Wildman–Crippen MR) is 67.7 cm³/mol. The Hall–Kier alpha value is -1.78. The van der Waals surface area contributed by atoms with Gasteiger partial charge in [0.15, 0.2) is 0 Å². The summed E-state index contributed by atoms with van der Waals surface area (Å²) < 4.78 is 37.4. The van der Waals surface area contributed by atoms with Crippen molar-refractivity contribution in [2.75, 3.05) is 0 Å². The minimum Gasteiger partial charge on any atom is -0.273 e. The molecule has 0 unspecified atom stereocenters. The van der Waals surface area contributed by atoms with Gasteiger partial charge in [-0.15, -0.1) is 0 Å². The lowest BCUT2D eigenvalue weighted by Crippen LogP contribution is -2.10. The first-order valence-corrected chi connectivity index (χ1v) is 5.91. The summed E-state index contributed by atoms with van der Waals surface area (Å²) in [6.07, 6.45) is -4.39. The van der Waals surface area contributed by atoms with Crippen molar-refractivity contribution in [2.45, 2.75) is 32.4 Å². The van der Waals surface area contributed by atoms with Gasteiger partial charge in [0.1, 0.15) is 5.69 Å². The number of benzene rings is 1. The number of alkyl halides is 3. The number of H-pyrrole nitrogens is 1. The van der Waals surface area contributed by atoms with Gasteiger partial charge >= 0.3 is 6.18 Å². The third-order valence-electron chi connectivity index (χ3n) is 2.93. The Balaban J connectivity index is 2.31. The lowest BCUT2D eigenvalue weighted by molar-refractivity contribution is -0.141. The van der Waals surface area contributed by atoms with E-state index in [4.69, 9.17) is 0 Å². The van der Waals surface area contributed by atoms with E-state index in [9.17, 15) is 13.2 Å². The Bertz CT molecular complexity index is 560. The van der Waals surface area contributed by atoms with Crippen molar-refractivity contribution in [2.24, 2.45) is 0 Å². The predicted octanol–water partition coefficient (Wildman–Crippen LogP) is 4.39. The highest BCUT2D eigenvalue weighted by molar-refractivity contribution is 5.60. The summed E-state index contributed by atoms with van der Waals surface area (Å²) in [5, 5.41) is 5.71. The minimum absolute atomic E-state index is 0.0151. The summed E-state index contributed by atoms with van der Waals surface area (Å²) in [6, 6.07) is 8.43. The van der Waals surface area contributed by atoms with Gasteiger partial charge in [-0.2, -0.15) is 18.3 Å². The normalized spacial score (nSPS) is 12.7. The average Bonchev–Trinajstić information content (AvgIpc) is 2.77. The van der Waals surface area contributed by atoms with Crippen LogP contribution in [0.25, 0.3) is 11.3 Å². The molecule has 0 aliphatic carbocycles. The molecule has 0 fully saturated rings. The van der Waals surface area contributed by atoms with E-state index in [1.165, 1.54) is 0 Å². The first kappa shape index (κ1) is 13.6. The molecular weight excluding hydrogens is 253 g/mol. The fourth-order valence-corrected chi connectivity index (χ4v) is 1.76. The summed E-state index contributed by atoms with van der Waals surface area (Å²) in [7, 11) is 0. The summed E-state index contributed by atoms with van der Waals surface area (Å²) in [4.78, 5) is 0. The fourth-order valence-electron chi connectivity index (χ4n) is 1.76. The SMILES string of the molecule is CC(C)(C)c1ccc(-c2cc(C(F)(F)F)[nH]n2)cc1. The zero-order valence-corrected chi connectivity index (χ0v) is 11.0. The van der Waals surface area contributed by atoms with E-state index in [0.29, 0.717) is 11.3 Å². The number of aromatic amines is 1. The van der Waals surface area contributed by atoms with E-state index in [1.54, 1.807) is 12.1 Å². The zero-order chi connectivity index (χ0) is 14.3.